The molecule has 4 rings (SSSR count). The van der Waals surface area contributed by atoms with Crippen LogP contribution in [0.1, 0.15) is 11.1 Å². The summed E-state index contributed by atoms with van der Waals surface area (Å²) >= 11 is 1.35. The van der Waals surface area contributed by atoms with Crippen LogP contribution in [0.4, 0.5) is 10.8 Å². The van der Waals surface area contributed by atoms with Crippen LogP contribution in [0.15, 0.2) is 53.9 Å². The summed E-state index contributed by atoms with van der Waals surface area (Å²) in [5, 5.41) is 15.8. The van der Waals surface area contributed by atoms with E-state index < -0.39 is 4.92 Å². The minimum absolute atomic E-state index is 0.00929. The molecule has 0 unspecified atom stereocenters. The highest BCUT2D eigenvalue weighted by Crippen LogP contribution is 2.31. The van der Waals surface area contributed by atoms with Gasteiger partial charge in [-0.2, -0.15) is 0 Å². The fraction of sp³-hybridized carbons (Fsp3) is 0.100. The molecule has 8 heteroatoms. The number of anilines is 1. The average Bonchev–Trinajstić information content (AvgIpc) is 3.35. The Bertz CT molecular complexity index is 1070. The van der Waals surface area contributed by atoms with Crippen molar-refractivity contribution in [3.05, 3.63) is 75.2 Å². The van der Waals surface area contributed by atoms with Crippen LogP contribution in [0.2, 0.25) is 0 Å². The number of carbonyl (C=O) groups is 1. The van der Waals surface area contributed by atoms with Crippen molar-refractivity contribution in [2.45, 2.75) is 6.42 Å². The molecule has 28 heavy (non-hydrogen) atoms. The highest BCUT2D eigenvalue weighted by atomic mass is 32.1. The van der Waals surface area contributed by atoms with E-state index >= 15 is 0 Å². The van der Waals surface area contributed by atoms with Crippen molar-refractivity contribution >= 4 is 34.1 Å². The maximum absolute atomic E-state index is 12.1. The Hall–Kier alpha value is -3.52. The second-order valence-electron chi connectivity index (χ2n) is 6.13. The van der Waals surface area contributed by atoms with E-state index in [1.165, 1.54) is 35.1 Å². The third-order valence-corrected chi connectivity index (χ3v) is 5.01. The number of nitro groups is 1. The summed E-state index contributed by atoms with van der Waals surface area (Å²) in [4.78, 5) is 26.8. The third-order valence-electron chi connectivity index (χ3n) is 4.25. The summed E-state index contributed by atoms with van der Waals surface area (Å²) in [5.41, 5.74) is 3.66. The van der Waals surface area contributed by atoms with Crippen LogP contribution in [0.3, 0.4) is 0 Å². The summed E-state index contributed by atoms with van der Waals surface area (Å²) in [5.74, 6) is 0.602. The lowest BCUT2D eigenvalue weighted by molar-refractivity contribution is -0.384. The molecule has 0 atom stereocenters. The smallest absolute Gasteiger partial charge is 0.269 e. The Kier molecular flexibility index (Phi) is 4.86. The molecule has 0 bridgehead atoms. The van der Waals surface area contributed by atoms with Crippen molar-refractivity contribution in [2.75, 3.05) is 11.9 Å². The zero-order valence-corrected chi connectivity index (χ0v) is 15.4. The number of non-ortho nitro benzene ring substituents is 1. The van der Waals surface area contributed by atoms with Crippen molar-refractivity contribution in [3.8, 4) is 17.0 Å². The lowest BCUT2D eigenvalue weighted by Crippen LogP contribution is -2.07. The van der Waals surface area contributed by atoms with Crippen molar-refractivity contribution in [1.82, 2.24) is 4.98 Å². The molecule has 0 fully saturated rings. The zero-order chi connectivity index (χ0) is 19.5. The quantitative estimate of drug-likeness (QED) is 0.396. The maximum Gasteiger partial charge on any atom is 0.269 e. The van der Waals surface area contributed by atoms with Crippen molar-refractivity contribution < 1.29 is 14.5 Å². The summed E-state index contributed by atoms with van der Waals surface area (Å²) in [6.07, 6.45) is 3.85. The van der Waals surface area contributed by atoms with Crippen molar-refractivity contribution in [3.63, 3.8) is 0 Å². The summed E-state index contributed by atoms with van der Waals surface area (Å²) in [6, 6.07) is 11.9. The van der Waals surface area contributed by atoms with Gasteiger partial charge < -0.3 is 4.74 Å². The standard InChI is InChI=1S/C20H15N3O4S/c24-19(8-3-13-1-5-16(6-2-13)23(25)26)22-20-21-17(12-28-20)14-4-7-18-15(11-14)9-10-27-18/h1-8,11-12H,9-10H2,(H,21,22,24)/b8-3+. The molecule has 2 aromatic carbocycles. The van der Waals surface area contributed by atoms with Crippen LogP contribution in [-0.4, -0.2) is 22.4 Å². The monoisotopic (exact) mass is 393 g/mol. The van der Waals surface area contributed by atoms with Gasteiger partial charge in [-0.05, 0) is 47.5 Å². The minimum atomic E-state index is -0.464. The first-order valence-corrected chi connectivity index (χ1v) is 9.41. The maximum atomic E-state index is 12.1. The first-order chi connectivity index (χ1) is 13.6. The van der Waals surface area contributed by atoms with Crippen LogP contribution >= 0.6 is 11.3 Å². The van der Waals surface area contributed by atoms with E-state index in [1.54, 1.807) is 18.2 Å². The number of ether oxygens (including phenoxy) is 1. The summed E-state index contributed by atoms with van der Waals surface area (Å²) < 4.78 is 5.51. The molecule has 1 aromatic heterocycles. The van der Waals surface area contributed by atoms with Crippen molar-refractivity contribution in [2.24, 2.45) is 0 Å². The molecular weight excluding hydrogens is 378 g/mol. The molecule has 3 aromatic rings. The minimum Gasteiger partial charge on any atom is -0.493 e. The molecular formula is C20H15N3O4S. The van der Waals surface area contributed by atoms with Gasteiger partial charge in [-0.25, -0.2) is 4.98 Å². The number of aromatic nitrogens is 1. The van der Waals surface area contributed by atoms with E-state index in [9.17, 15) is 14.9 Å². The Morgan fingerprint density at radius 2 is 2.07 bits per heavy atom. The number of nitrogens with zero attached hydrogens (tertiary/aromatic N) is 2. The predicted octanol–water partition coefficient (Wildman–Crippen LogP) is 4.31. The Balaban J connectivity index is 1.40. The number of rotatable bonds is 5. The lowest BCUT2D eigenvalue weighted by Gasteiger charge is -2.01. The van der Waals surface area contributed by atoms with E-state index in [0.29, 0.717) is 17.3 Å². The molecule has 1 N–H and O–H groups in total. The molecule has 0 radical (unpaired) electrons. The molecule has 0 saturated carbocycles. The first kappa shape index (κ1) is 17.9. The average molecular weight is 393 g/mol. The van der Waals surface area contributed by atoms with Gasteiger partial charge in [0.15, 0.2) is 5.13 Å². The molecule has 7 nitrogen and oxygen atoms in total. The van der Waals surface area contributed by atoms with Gasteiger partial charge >= 0.3 is 0 Å². The van der Waals surface area contributed by atoms with E-state index in [0.717, 1.165) is 23.4 Å². The number of amides is 1. The summed E-state index contributed by atoms with van der Waals surface area (Å²) in [6.45, 7) is 0.707. The van der Waals surface area contributed by atoms with Crippen LogP contribution in [0.5, 0.6) is 5.75 Å². The molecule has 0 spiro atoms. The van der Waals surface area contributed by atoms with E-state index in [2.05, 4.69) is 16.4 Å². The summed E-state index contributed by atoms with van der Waals surface area (Å²) in [7, 11) is 0. The largest absolute Gasteiger partial charge is 0.493 e. The van der Waals surface area contributed by atoms with Gasteiger partial charge in [0.2, 0.25) is 5.91 Å². The van der Waals surface area contributed by atoms with Crippen LogP contribution in [0, 0.1) is 10.1 Å². The van der Waals surface area contributed by atoms with Gasteiger partial charge in [-0.1, -0.05) is 0 Å². The fourth-order valence-electron chi connectivity index (χ4n) is 2.84. The molecule has 2 heterocycles. The highest BCUT2D eigenvalue weighted by Gasteiger charge is 2.14. The van der Waals surface area contributed by atoms with Gasteiger partial charge in [-0.3, -0.25) is 20.2 Å². The molecule has 140 valence electrons. The van der Waals surface area contributed by atoms with Gasteiger partial charge in [-0.15, -0.1) is 11.3 Å². The number of nitrogens with one attached hydrogen (secondary N) is 1. The highest BCUT2D eigenvalue weighted by molar-refractivity contribution is 7.14. The van der Waals surface area contributed by atoms with E-state index in [1.807, 2.05) is 17.5 Å². The van der Waals surface area contributed by atoms with Gasteiger partial charge in [0, 0.05) is 35.6 Å². The van der Waals surface area contributed by atoms with Gasteiger partial charge in [0.1, 0.15) is 5.75 Å². The molecule has 0 aliphatic carbocycles. The Morgan fingerprint density at radius 3 is 2.86 bits per heavy atom. The fourth-order valence-corrected chi connectivity index (χ4v) is 3.56. The molecule has 0 saturated heterocycles. The van der Waals surface area contributed by atoms with Gasteiger partial charge in [0.25, 0.3) is 5.69 Å². The lowest BCUT2D eigenvalue weighted by atomic mass is 10.1. The van der Waals surface area contributed by atoms with Gasteiger partial charge in [0.05, 0.1) is 17.2 Å². The number of thiazole rings is 1. The van der Waals surface area contributed by atoms with E-state index in [4.69, 9.17) is 4.74 Å². The predicted molar refractivity (Wildman–Crippen MR) is 108 cm³/mol. The van der Waals surface area contributed by atoms with Crippen molar-refractivity contribution in [1.29, 1.82) is 0 Å². The van der Waals surface area contributed by atoms with E-state index in [-0.39, 0.29) is 11.6 Å². The normalized spacial score (nSPS) is 12.6. The number of hydrogen-bond acceptors (Lipinski definition) is 6. The van der Waals surface area contributed by atoms with Crippen LogP contribution < -0.4 is 10.1 Å². The second kappa shape index (κ2) is 7.61. The number of benzene rings is 2. The Labute approximate surface area is 164 Å². The zero-order valence-electron chi connectivity index (χ0n) is 14.6. The second-order valence-corrected chi connectivity index (χ2v) is 6.99. The molecule has 1 aliphatic heterocycles. The first-order valence-electron chi connectivity index (χ1n) is 8.54. The number of nitro benzene ring substituents is 1. The topological polar surface area (TPSA) is 94.4 Å². The third kappa shape index (κ3) is 3.91. The molecule has 1 aliphatic rings. The number of hydrogen-bond donors (Lipinski definition) is 1. The van der Waals surface area contributed by atoms with Crippen LogP contribution in [0.25, 0.3) is 17.3 Å². The SMILES string of the molecule is O=C(/C=C/c1ccc([N+](=O)[O-])cc1)Nc1nc(-c2ccc3c(c2)CCO3)cs1. The molecule has 1 amide bonds. The number of fused-ring (bicyclic) bond motifs is 1. The van der Waals surface area contributed by atoms with Crippen LogP contribution in [-0.2, 0) is 11.2 Å². The number of carbonyl (C=O) groups excluding carboxylic acids is 1. The Morgan fingerprint density at radius 1 is 1.25 bits per heavy atom.